The summed E-state index contributed by atoms with van der Waals surface area (Å²) in [5.41, 5.74) is 2.90. The van der Waals surface area contributed by atoms with Gasteiger partial charge in [0, 0.05) is 29.2 Å². The quantitative estimate of drug-likeness (QED) is 0.457. The van der Waals surface area contributed by atoms with Gasteiger partial charge in [0.1, 0.15) is 12.7 Å². The molecular weight excluding hydrogens is 458 g/mol. The number of hydrogen-bond donors (Lipinski definition) is 1. The Hall–Kier alpha value is -3.34. The minimum absolute atomic E-state index is 0.119. The lowest BCUT2D eigenvalue weighted by Crippen LogP contribution is -2.35. The molecule has 33 heavy (non-hydrogen) atoms. The van der Waals surface area contributed by atoms with Crippen molar-refractivity contribution < 1.29 is 13.2 Å². The number of nitrogens with zero attached hydrogens (tertiary/aromatic N) is 4. The molecule has 168 valence electrons. The van der Waals surface area contributed by atoms with E-state index < -0.39 is 10.0 Å². The highest BCUT2D eigenvalue weighted by Crippen LogP contribution is 2.28. The van der Waals surface area contributed by atoms with E-state index in [1.165, 1.54) is 27.6 Å². The Morgan fingerprint density at radius 1 is 1.12 bits per heavy atom. The Balaban J connectivity index is 1.32. The van der Waals surface area contributed by atoms with Gasteiger partial charge < -0.3 is 5.32 Å². The van der Waals surface area contributed by atoms with Crippen molar-refractivity contribution in [2.45, 2.75) is 24.4 Å². The van der Waals surface area contributed by atoms with E-state index in [0.717, 1.165) is 11.1 Å². The van der Waals surface area contributed by atoms with Crippen LogP contribution in [0.15, 0.2) is 77.5 Å². The fourth-order valence-electron chi connectivity index (χ4n) is 3.83. The van der Waals surface area contributed by atoms with Crippen LogP contribution in [-0.2, 0) is 29.5 Å². The second-order valence-electron chi connectivity index (χ2n) is 7.73. The molecule has 5 rings (SSSR count). The lowest BCUT2D eigenvalue weighted by molar-refractivity contribution is 0.102. The van der Waals surface area contributed by atoms with E-state index in [4.69, 9.17) is 0 Å². The van der Waals surface area contributed by atoms with Gasteiger partial charge >= 0.3 is 0 Å². The topological polar surface area (TPSA) is 97.2 Å². The zero-order chi connectivity index (χ0) is 22.8. The summed E-state index contributed by atoms with van der Waals surface area (Å²) in [6.07, 6.45) is 3.80. The first-order valence-corrected chi connectivity index (χ1v) is 12.7. The van der Waals surface area contributed by atoms with Gasteiger partial charge in [0.2, 0.25) is 10.0 Å². The maximum absolute atomic E-state index is 13.2. The van der Waals surface area contributed by atoms with E-state index in [9.17, 15) is 13.2 Å². The highest BCUT2D eigenvalue weighted by Gasteiger charge is 2.29. The third kappa shape index (κ3) is 4.58. The molecule has 1 aliphatic heterocycles. The SMILES string of the molecule is O=C(Nc1cccc(Cn2cncn2)c1)c1cccc(S(=O)(=O)N2CCc3sccc3C2)c1. The minimum Gasteiger partial charge on any atom is -0.322 e. The summed E-state index contributed by atoms with van der Waals surface area (Å²) < 4.78 is 29.6. The molecule has 4 aromatic rings. The molecule has 3 heterocycles. The van der Waals surface area contributed by atoms with Crippen LogP contribution < -0.4 is 5.32 Å². The fourth-order valence-corrected chi connectivity index (χ4v) is 6.18. The number of aromatic nitrogens is 3. The van der Waals surface area contributed by atoms with Gasteiger partial charge in [0.15, 0.2) is 0 Å². The molecule has 0 atom stereocenters. The van der Waals surface area contributed by atoms with Gasteiger partial charge in [-0.2, -0.15) is 9.40 Å². The van der Waals surface area contributed by atoms with Crippen molar-refractivity contribution in [2.24, 2.45) is 0 Å². The number of amides is 1. The van der Waals surface area contributed by atoms with Crippen LogP contribution >= 0.6 is 11.3 Å². The molecule has 0 fully saturated rings. The van der Waals surface area contributed by atoms with E-state index in [2.05, 4.69) is 15.4 Å². The average Bonchev–Trinajstić information content (AvgIpc) is 3.51. The van der Waals surface area contributed by atoms with E-state index in [1.54, 1.807) is 40.5 Å². The Labute approximate surface area is 195 Å². The minimum atomic E-state index is -3.70. The normalized spacial score (nSPS) is 14.1. The van der Waals surface area contributed by atoms with Gasteiger partial charge in [-0.1, -0.05) is 18.2 Å². The summed E-state index contributed by atoms with van der Waals surface area (Å²) in [6.45, 7) is 1.32. The van der Waals surface area contributed by atoms with Crippen molar-refractivity contribution >= 4 is 33.0 Å². The monoisotopic (exact) mass is 479 g/mol. The Kier molecular flexibility index (Phi) is 5.79. The predicted molar refractivity (Wildman–Crippen MR) is 126 cm³/mol. The van der Waals surface area contributed by atoms with E-state index in [1.807, 2.05) is 29.6 Å². The number of benzene rings is 2. The molecule has 0 radical (unpaired) electrons. The molecule has 8 nitrogen and oxygen atoms in total. The van der Waals surface area contributed by atoms with Crippen LogP contribution in [0.2, 0.25) is 0 Å². The first-order chi connectivity index (χ1) is 16.0. The van der Waals surface area contributed by atoms with E-state index >= 15 is 0 Å². The second kappa shape index (κ2) is 8.89. The summed E-state index contributed by atoms with van der Waals surface area (Å²) in [7, 11) is -3.70. The largest absolute Gasteiger partial charge is 0.322 e. The number of thiophene rings is 1. The van der Waals surface area contributed by atoms with Gasteiger partial charge in [-0.25, -0.2) is 18.1 Å². The maximum atomic E-state index is 13.2. The number of sulfonamides is 1. The van der Waals surface area contributed by atoms with E-state index in [-0.39, 0.29) is 16.4 Å². The van der Waals surface area contributed by atoms with Crippen LogP contribution in [0.3, 0.4) is 0 Å². The highest BCUT2D eigenvalue weighted by molar-refractivity contribution is 7.89. The third-order valence-corrected chi connectivity index (χ3v) is 8.37. The van der Waals surface area contributed by atoms with E-state index in [0.29, 0.717) is 31.7 Å². The standard InChI is InChI=1S/C23H21N5O3S2/c29-23(26-20-5-1-3-17(11-20)13-27-16-24-15-25-27)18-4-2-6-21(12-18)33(30,31)28-9-7-22-19(14-28)8-10-32-22/h1-6,8,10-12,15-16H,7,9,13-14H2,(H,26,29). The van der Waals surface area contributed by atoms with Crippen molar-refractivity contribution in [2.75, 3.05) is 11.9 Å². The van der Waals surface area contributed by atoms with Crippen molar-refractivity contribution in [1.82, 2.24) is 19.1 Å². The van der Waals surface area contributed by atoms with Crippen LogP contribution in [0.1, 0.15) is 26.4 Å². The summed E-state index contributed by atoms with van der Waals surface area (Å²) in [6, 6.07) is 15.6. The van der Waals surface area contributed by atoms with Crippen LogP contribution in [0.5, 0.6) is 0 Å². The lowest BCUT2D eigenvalue weighted by Gasteiger charge is -2.26. The van der Waals surface area contributed by atoms with Gasteiger partial charge in [-0.05, 0) is 59.3 Å². The molecule has 1 aliphatic rings. The average molecular weight is 480 g/mol. The Morgan fingerprint density at radius 3 is 2.85 bits per heavy atom. The summed E-state index contributed by atoms with van der Waals surface area (Å²) >= 11 is 1.66. The number of nitrogens with one attached hydrogen (secondary N) is 1. The molecule has 0 bridgehead atoms. The molecule has 10 heteroatoms. The number of carbonyl (C=O) groups excluding carboxylic acids is 1. The van der Waals surface area contributed by atoms with Crippen LogP contribution in [0.4, 0.5) is 5.69 Å². The number of rotatable bonds is 6. The zero-order valence-electron chi connectivity index (χ0n) is 17.6. The molecule has 2 aromatic carbocycles. The van der Waals surface area contributed by atoms with Gasteiger partial charge in [0.05, 0.1) is 11.4 Å². The van der Waals surface area contributed by atoms with Crippen LogP contribution in [0.25, 0.3) is 0 Å². The molecule has 2 aromatic heterocycles. The first kappa shape index (κ1) is 21.5. The Bertz CT molecular complexity index is 1400. The summed E-state index contributed by atoms with van der Waals surface area (Å²) in [4.78, 5) is 18.2. The molecule has 0 saturated heterocycles. The Morgan fingerprint density at radius 2 is 2.00 bits per heavy atom. The van der Waals surface area contributed by atoms with Crippen LogP contribution in [0, 0.1) is 0 Å². The molecule has 1 N–H and O–H groups in total. The number of hydrogen-bond acceptors (Lipinski definition) is 6. The maximum Gasteiger partial charge on any atom is 0.255 e. The highest BCUT2D eigenvalue weighted by atomic mass is 32.2. The second-order valence-corrected chi connectivity index (χ2v) is 10.7. The van der Waals surface area contributed by atoms with Crippen molar-refractivity contribution in [3.8, 4) is 0 Å². The number of fused-ring (bicyclic) bond motifs is 1. The summed E-state index contributed by atoms with van der Waals surface area (Å²) in [5.74, 6) is -0.372. The third-order valence-electron chi connectivity index (χ3n) is 5.50. The molecule has 1 amide bonds. The van der Waals surface area contributed by atoms with Crippen LogP contribution in [-0.4, -0.2) is 39.9 Å². The van der Waals surface area contributed by atoms with Crippen molar-refractivity contribution in [1.29, 1.82) is 0 Å². The molecule has 0 spiro atoms. The first-order valence-electron chi connectivity index (χ1n) is 10.4. The molecular formula is C23H21N5O3S2. The van der Waals surface area contributed by atoms with Crippen molar-refractivity contribution in [3.05, 3.63) is 94.2 Å². The fraction of sp³-hybridized carbons (Fsp3) is 0.174. The van der Waals surface area contributed by atoms with Gasteiger partial charge in [-0.15, -0.1) is 11.3 Å². The molecule has 0 saturated carbocycles. The molecule has 0 unspecified atom stereocenters. The van der Waals surface area contributed by atoms with Crippen molar-refractivity contribution in [3.63, 3.8) is 0 Å². The smallest absolute Gasteiger partial charge is 0.255 e. The molecule has 0 aliphatic carbocycles. The lowest BCUT2D eigenvalue weighted by atomic mass is 10.1. The van der Waals surface area contributed by atoms with Gasteiger partial charge in [0.25, 0.3) is 5.91 Å². The summed E-state index contributed by atoms with van der Waals surface area (Å²) in [5, 5.41) is 8.94. The number of carbonyl (C=O) groups is 1. The van der Waals surface area contributed by atoms with Gasteiger partial charge in [-0.3, -0.25) is 4.79 Å². The predicted octanol–water partition coefficient (Wildman–Crippen LogP) is 3.39. The zero-order valence-corrected chi connectivity index (χ0v) is 19.2. The number of anilines is 1.